The normalized spacial score (nSPS) is 13.5. The maximum absolute atomic E-state index is 3.88. The van der Waals surface area contributed by atoms with Crippen LogP contribution in [0.25, 0.3) is 0 Å². The van der Waals surface area contributed by atoms with E-state index in [1.165, 1.54) is 18.9 Å². The first-order chi connectivity index (χ1) is 5.31. The predicted molar refractivity (Wildman–Crippen MR) is 61.2 cm³/mol. The molecule has 0 N–H and O–H groups in total. The SMILES string of the molecule is [CH2]CCCC[Si](C)(C)C(C)(C)C. The zero-order valence-corrected chi connectivity index (χ0v) is 10.5. The van der Waals surface area contributed by atoms with E-state index in [9.17, 15) is 0 Å². The molecule has 0 unspecified atom stereocenters. The monoisotopic (exact) mass is 185 g/mol. The summed E-state index contributed by atoms with van der Waals surface area (Å²) in [5.41, 5.74) is 0. The van der Waals surface area contributed by atoms with Gasteiger partial charge >= 0.3 is 0 Å². The zero-order chi connectivity index (χ0) is 9.83. The van der Waals surface area contributed by atoms with E-state index in [4.69, 9.17) is 0 Å². The van der Waals surface area contributed by atoms with Gasteiger partial charge in [0.2, 0.25) is 0 Å². The molecule has 0 aromatic heterocycles. The molecule has 73 valence electrons. The molecule has 0 nitrogen and oxygen atoms in total. The molecule has 0 heterocycles. The van der Waals surface area contributed by atoms with E-state index < -0.39 is 8.07 Å². The predicted octanol–water partition coefficient (Wildman–Crippen LogP) is 4.50. The fraction of sp³-hybridized carbons (Fsp3) is 0.909. The van der Waals surface area contributed by atoms with Crippen molar-refractivity contribution in [2.24, 2.45) is 0 Å². The Morgan fingerprint density at radius 3 is 1.92 bits per heavy atom. The van der Waals surface area contributed by atoms with Gasteiger partial charge in [-0.1, -0.05) is 66.1 Å². The molecule has 0 amide bonds. The van der Waals surface area contributed by atoms with Gasteiger partial charge in [-0.25, -0.2) is 0 Å². The molecule has 0 saturated heterocycles. The second kappa shape index (κ2) is 4.45. The summed E-state index contributed by atoms with van der Waals surface area (Å²) >= 11 is 0. The largest absolute Gasteiger partial charge is 0.0690 e. The van der Waals surface area contributed by atoms with Crippen LogP contribution in [0.3, 0.4) is 0 Å². The molecule has 0 spiro atoms. The van der Waals surface area contributed by atoms with Crippen LogP contribution in [0.1, 0.15) is 40.0 Å². The van der Waals surface area contributed by atoms with Crippen molar-refractivity contribution in [1.82, 2.24) is 0 Å². The fourth-order valence-corrected chi connectivity index (χ4v) is 3.00. The summed E-state index contributed by atoms with van der Waals surface area (Å²) in [7, 11) is -0.970. The molecule has 0 saturated carbocycles. The van der Waals surface area contributed by atoms with Gasteiger partial charge < -0.3 is 0 Å². The molecule has 0 aromatic carbocycles. The third kappa shape index (κ3) is 3.75. The van der Waals surface area contributed by atoms with Crippen LogP contribution in [0, 0.1) is 6.92 Å². The molecule has 1 radical (unpaired) electrons. The molecule has 0 bridgehead atoms. The van der Waals surface area contributed by atoms with E-state index >= 15 is 0 Å². The smallest absolute Gasteiger partial charge is 0.0527 e. The Balaban J connectivity index is 3.88. The first kappa shape index (κ1) is 12.2. The van der Waals surface area contributed by atoms with Crippen molar-refractivity contribution < 1.29 is 0 Å². The van der Waals surface area contributed by atoms with E-state index in [-0.39, 0.29) is 0 Å². The lowest BCUT2D eigenvalue weighted by molar-refractivity contribution is 0.695. The van der Waals surface area contributed by atoms with E-state index in [0.717, 1.165) is 6.42 Å². The third-order valence-corrected chi connectivity index (χ3v) is 9.00. The van der Waals surface area contributed by atoms with E-state index in [2.05, 4.69) is 40.8 Å². The second-order valence-electron chi connectivity index (χ2n) is 5.44. The summed E-state index contributed by atoms with van der Waals surface area (Å²) < 4.78 is 0. The van der Waals surface area contributed by atoms with Crippen LogP contribution in [0.15, 0.2) is 0 Å². The summed E-state index contributed by atoms with van der Waals surface area (Å²) in [5, 5.41) is 0.564. The molecule has 0 atom stereocenters. The Hall–Kier alpha value is 0.217. The standard InChI is InChI=1S/C11H25Si/c1-7-8-9-10-12(5,6)11(2,3)4/h1,7-10H2,2-6H3. The molecule has 0 rings (SSSR count). The van der Waals surface area contributed by atoms with E-state index in [0.29, 0.717) is 5.04 Å². The number of unbranched alkanes of at least 4 members (excludes halogenated alkanes) is 2. The maximum atomic E-state index is 3.88. The Bertz CT molecular complexity index is 119. The highest BCUT2D eigenvalue weighted by atomic mass is 28.3. The molecule has 1 heteroatoms. The van der Waals surface area contributed by atoms with Gasteiger partial charge in [-0.05, 0) is 5.04 Å². The number of hydrogen-bond donors (Lipinski definition) is 0. The molecule has 0 aliphatic carbocycles. The van der Waals surface area contributed by atoms with Gasteiger partial charge in [0.1, 0.15) is 0 Å². The van der Waals surface area contributed by atoms with Gasteiger partial charge in [-0.3, -0.25) is 0 Å². The van der Waals surface area contributed by atoms with Crippen LogP contribution in [-0.4, -0.2) is 8.07 Å². The van der Waals surface area contributed by atoms with Gasteiger partial charge in [0.15, 0.2) is 0 Å². The number of rotatable bonds is 4. The van der Waals surface area contributed by atoms with Gasteiger partial charge in [-0.15, -0.1) is 0 Å². The van der Waals surface area contributed by atoms with Crippen LogP contribution in [0.5, 0.6) is 0 Å². The van der Waals surface area contributed by atoms with Crippen LogP contribution in [0.2, 0.25) is 24.2 Å². The quantitative estimate of drug-likeness (QED) is 0.447. The van der Waals surface area contributed by atoms with Crippen molar-refractivity contribution in [1.29, 1.82) is 0 Å². The minimum Gasteiger partial charge on any atom is -0.0690 e. The first-order valence-electron chi connectivity index (χ1n) is 5.10. The minimum absolute atomic E-state index is 0.564. The van der Waals surface area contributed by atoms with E-state index in [1.807, 2.05) is 0 Å². The van der Waals surface area contributed by atoms with Crippen molar-refractivity contribution in [3.05, 3.63) is 6.92 Å². The molecular formula is C11H25Si. The minimum atomic E-state index is -0.970. The summed E-state index contributed by atoms with van der Waals surface area (Å²) in [6.45, 7) is 16.1. The van der Waals surface area contributed by atoms with Crippen LogP contribution >= 0.6 is 0 Å². The zero-order valence-electron chi connectivity index (χ0n) is 9.54. The van der Waals surface area contributed by atoms with Crippen molar-refractivity contribution in [2.45, 2.75) is 64.2 Å². The number of hydrogen-bond acceptors (Lipinski definition) is 0. The van der Waals surface area contributed by atoms with Gasteiger partial charge in [0, 0.05) is 0 Å². The Morgan fingerprint density at radius 2 is 1.58 bits per heavy atom. The lowest BCUT2D eigenvalue weighted by Crippen LogP contribution is -2.36. The molecular weight excluding hydrogens is 160 g/mol. The van der Waals surface area contributed by atoms with Gasteiger partial charge in [0.25, 0.3) is 0 Å². The average molecular weight is 185 g/mol. The Morgan fingerprint density at radius 1 is 1.08 bits per heavy atom. The fourth-order valence-electron chi connectivity index (χ4n) is 1.12. The van der Waals surface area contributed by atoms with Crippen molar-refractivity contribution in [3.8, 4) is 0 Å². The lowest BCUT2D eigenvalue weighted by Gasteiger charge is -2.37. The van der Waals surface area contributed by atoms with Gasteiger partial charge in [0.05, 0.1) is 8.07 Å². The first-order valence-corrected chi connectivity index (χ1v) is 8.31. The Labute approximate surface area is 79.8 Å². The third-order valence-electron chi connectivity index (χ3n) is 3.33. The van der Waals surface area contributed by atoms with Crippen molar-refractivity contribution in [3.63, 3.8) is 0 Å². The molecule has 12 heavy (non-hydrogen) atoms. The second-order valence-corrected chi connectivity index (χ2v) is 11.2. The highest BCUT2D eigenvalue weighted by Gasteiger charge is 2.33. The van der Waals surface area contributed by atoms with Gasteiger partial charge in [-0.2, -0.15) is 0 Å². The molecule has 0 aliphatic heterocycles. The van der Waals surface area contributed by atoms with Crippen molar-refractivity contribution in [2.75, 3.05) is 0 Å². The highest BCUT2D eigenvalue weighted by molar-refractivity contribution is 6.80. The summed E-state index contributed by atoms with van der Waals surface area (Å²) in [5.74, 6) is 0. The molecule has 0 aliphatic rings. The maximum Gasteiger partial charge on any atom is 0.0527 e. The van der Waals surface area contributed by atoms with Crippen LogP contribution < -0.4 is 0 Å². The van der Waals surface area contributed by atoms with Crippen LogP contribution in [-0.2, 0) is 0 Å². The molecule has 0 aromatic rings. The van der Waals surface area contributed by atoms with Crippen molar-refractivity contribution >= 4 is 8.07 Å². The summed E-state index contributed by atoms with van der Waals surface area (Å²) in [6.07, 6.45) is 3.81. The summed E-state index contributed by atoms with van der Waals surface area (Å²) in [4.78, 5) is 0. The Kier molecular flexibility index (Phi) is 4.53. The topological polar surface area (TPSA) is 0 Å². The lowest BCUT2D eigenvalue weighted by atomic mass is 10.2. The van der Waals surface area contributed by atoms with E-state index in [1.54, 1.807) is 0 Å². The average Bonchev–Trinajstić information content (AvgIpc) is 1.85. The molecule has 0 fully saturated rings. The highest BCUT2D eigenvalue weighted by Crippen LogP contribution is 2.39. The van der Waals surface area contributed by atoms with Crippen LogP contribution in [0.4, 0.5) is 0 Å². The summed E-state index contributed by atoms with van der Waals surface area (Å²) in [6, 6.07) is 1.46.